The van der Waals surface area contributed by atoms with Crippen molar-refractivity contribution in [2.75, 3.05) is 19.6 Å². The number of carbonyl (C=O) groups is 1. The summed E-state index contributed by atoms with van der Waals surface area (Å²) >= 11 is 0. The van der Waals surface area contributed by atoms with Gasteiger partial charge in [-0.25, -0.2) is 4.98 Å². The van der Waals surface area contributed by atoms with E-state index >= 15 is 0 Å². The topological polar surface area (TPSA) is 78.8 Å². The second-order valence-electron chi connectivity index (χ2n) is 7.56. The third kappa shape index (κ3) is 3.01. The molecule has 2 aliphatic rings. The Morgan fingerprint density at radius 2 is 2.11 bits per heavy atom. The Bertz CT molecular complexity index is 970. The van der Waals surface area contributed by atoms with Gasteiger partial charge in [-0.1, -0.05) is 18.2 Å². The first kappa shape index (κ1) is 17.2. The lowest BCUT2D eigenvalue weighted by atomic mass is 9.93. The summed E-state index contributed by atoms with van der Waals surface area (Å²) in [5, 5.41) is 10.7. The second-order valence-corrected chi connectivity index (χ2v) is 7.56. The molecule has 4 heterocycles. The molecule has 5 rings (SSSR count). The van der Waals surface area contributed by atoms with E-state index in [1.165, 1.54) is 5.69 Å². The van der Waals surface area contributed by atoms with Crippen LogP contribution in [-0.2, 0) is 13.0 Å². The lowest BCUT2D eigenvalue weighted by molar-refractivity contribution is 0.0729. The average molecular weight is 376 g/mol. The number of rotatable bonds is 3. The van der Waals surface area contributed by atoms with Crippen molar-refractivity contribution in [2.24, 2.45) is 0 Å². The fourth-order valence-corrected chi connectivity index (χ4v) is 4.34. The summed E-state index contributed by atoms with van der Waals surface area (Å²) in [5.41, 5.74) is 4.96. The van der Waals surface area contributed by atoms with Gasteiger partial charge in [0.15, 0.2) is 0 Å². The second kappa shape index (κ2) is 7.24. The number of carbonyl (C=O) groups excluding carboxylic acids is 1. The van der Waals surface area contributed by atoms with Gasteiger partial charge >= 0.3 is 0 Å². The first-order valence-corrected chi connectivity index (χ1v) is 9.95. The van der Waals surface area contributed by atoms with E-state index in [9.17, 15) is 4.79 Å². The summed E-state index contributed by atoms with van der Waals surface area (Å²) in [4.78, 5) is 19.7. The molecule has 1 atom stereocenters. The van der Waals surface area contributed by atoms with Gasteiger partial charge in [-0.2, -0.15) is 5.10 Å². The number of nitrogens with one attached hydrogen (secondary N) is 2. The number of amides is 1. The molecule has 3 aromatic rings. The molecule has 0 bridgehead atoms. The molecule has 0 aliphatic carbocycles. The van der Waals surface area contributed by atoms with Crippen molar-refractivity contribution in [1.82, 2.24) is 30.0 Å². The lowest BCUT2D eigenvalue weighted by Crippen LogP contribution is -2.37. The summed E-state index contributed by atoms with van der Waals surface area (Å²) < 4.78 is 2.13. The maximum Gasteiger partial charge on any atom is 0.257 e. The van der Waals surface area contributed by atoms with Crippen LogP contribution in [0.3, 0.4) is 0 Å². The Morgan fingerprint density at radius 3 is 2.93 bits per heavy atom. The molecule has 1 amide bonds. The maximum absolute atomic E-state index is 13.2. The van der Waals surface area contributed by atoms with Gasteiger partial charge in [0.1, 0.15) is 0 Å². The molecule has 28 heavy (non-hydrogen) atoms. The third-order valence-corrected chi connectivity index (χ3v) is 5.84. The minimum atomic E-state index is 0.0502. The minimum absolute atomic E-state index is 0.0502. The van der Waals surface area contributed by atoms with Crippen molar-refractivity contribution in [3.05, 3.63) is 65.5 Å². The van der Waals surface area contributed by atoms with Crippen LogP contribution in [0.25, 0.3) is 5.69 Å². The van der Waals surface area contributed by atoms with E-state index in [-0.39, 0.29) is 5.91 Å². The fourth-order valence-electron chi connectivity index (χ4n) is 4.34. The van der Waals surface area contributed by atoms with Crippen LogP contribution < -0.4 is 5.32 Å². The number of nitrogens with zero attached hydrogens (tertiary/aromatic N) is 4. The average Bonchev–Trinajstić information content (AvgIpc) is 3.41. The maximum atomic E-state index is 13.2. The van der Waals surface area contributed by atoms with Crippen LogP contribution in [0.4, 0.5) is 0 Å². The van der Waals surface area contributed by atoms with Crippen LogP contribution in [0.15, 0.2) is 42.9 Å². The number of para-hydroxylation sites is 1. The zero-order chi connectivity index (χ0) is 18.9. The molecule has 1 fully saturated rings. The van der Waals surface area contributed by atoms with E-state index in [0.717, 1.165) is 49.4 Å². The minimum Gasteiger partial charge on any atom is -0.332 e. The molecular formula is C21H24N6O. The van der Waals surface area contributed by atoms with Crippen LogP contribution in [0.1, 0.15) is 46.2 Å². The van der Waals surface area contributed by atoms with E-state index in [1.807, 2.05) is 29.4 Å². The van der Waals surface area contributed by atoms with Crippen LogP contribution in [0.2, 0.25) is 0 Å². The standard InChI is InChI=1S/C21H24N6O/c28-21(17-12-24-25-20(17)15-5-4-9-22-11-15)26-10-8-19-18(13-26)23-14-27(19)16-6-2-1-3-7-16/h1-3,6-7,12,14-15,22H,4-5,8-11,13H2,(H,24,25). The zero-order valence-electron chi connectivity index (χ0n) is 15.8. The number of aromatic nitrogens is 4. The molecule has 0 radical (unpaired) electrons. The highest BCUT2D eigenvalue weighted by Gasteiger charge is 2.29. The largest absolute Gasteiger partial charge is 0.332 e. The van der Waals surface area contributed by atoms with Gasteiger partial charge < -0.3 is 14.8 Å². The van der Waals surface area contributed by atoms with Crippen LogP contribution in [0.5, 0.6) is 0 Å². The SMILES string of the molecule is O=C(c1cn[nH]c1C1CCCNC1)N1CCc2c(ncn2-c2ccccc2)C1. The van der Waals surface area contributed by atoms with Crippen molar-refractivity contribution in [3.63, 3.8) is 0 Å². The normalized spacial score (nSPS) is 19.4. The summed E-state index contributed by atoms with van der Waals surface area (Å²) in [6.07, 6.45) is 6.56. The van der Waals surface area contributed by atoms with E-state index < -0.39 is 0 Å². The van der Waals surface area contributed by atoms with E-state index in [1.54, 1.807) is 6.20 Å². The highest BCUT2D eigenvalue weighted by Crippen LogP contribution is 2.27. The number of hydrogen-bond donors (Lipinski definition) is 2. The number of piperidine rings is 1. The fraction of sp³-hybridized carbons (Fsp3) is 0.381. The van der Waals surface area contributed by atoms with Crippen LogP contribution in [0, 0.1) is 0 Å². The molecule has 7 nitrogen and oxygen atoms in total. The molecular weight excluding hydrogens is 352 g/mol. The molecule has 1 saturated heterocycles. The number of H-pyrrole nitrogens is 1. The van der Waals surface area contributed by atoms with Crippen molar-refractivity contribution in [2.45, 2.75) is 31.7 Å². The number of hydrogen-bond acceptors (Lipinski definition) is 4. The van der Waals surface area contributed by atoms with Gasteiger partial charge in [0.2, 0.25) is 0 Å². The number of aromatic amines is 1. The Kier molecular flexibility index (Phi) is 4.44. The number of fused-ring (bicyclic) bond motifs is 1. The summed E-state index contributed by atoms with van der Waals surface area (Å²) in [6.45, 7) is 3.18. The first-order valence-electron chi connectivity index (χ1n) is 9.95. The van der Waals surface area contributed by atoms with Gasteiger partial charge in [0.05, 0.1) is 36.0 Å². The Labute approximate surface area is 163 Å². The molecule has 7 heteroatoms. The highest BCUT2D eigenvalue weighted by molar-refractivity contribution is 5.95. The third-order valence-electron chi connectivity index (χ3n) is 5.84. The van der Waals surface area contributed by atoms with Gasteiger partial charge in [-0.15, -0.1) is 0 Å². The van der Waals surface area contributed by atoms with Gasteiger partial charge in [0, 0.05) is 36.8 Å². The Morgan fingerprint density at radius 1 is 1.21 bits per heavy atom. The predicted molar refractivity (Wildman–Crippen MR) is 105 cm³/mol. The van der Waals surface area contributed by atoms with Crippen molar-refractivity contribution >= 4 is 5.91 Å². The van der Waals surface area contributed by atoms with Crippen LogP contribution in [-0.4, -0.2) is 50.2 Å². The van der Waals surface area contributed by atoms with E-state index in [2.05, 4.69) is 37.2 Å². The van der Waals surface area contributed by atoms with Gasteiger partial charge in [-0.3, -0.25) is 9.89 Å². The highest BCUT2D eigenvalue weighted by atomic mass is 16.2. The van der Waals surface area contributed by atoms with Crippen molar-refractivity contribution in [3.8, 4) is 5.69 Å². The Balaban J connectivity index is 1.37. The molecule has 2 aromatic heterocycles. The molecule has 0 saturated carbocycles. The lowest BCUT2D eigenvalue weighted by Gasteiger charge is -2.28. The zero-order valence-corrected chi connectivity index (χ0v) is 15.8. The first-order chi connectivity index (χ1) is 13.8. The van der Waals surface area contributed by atoms with Crippen LogP contribution >= 0.6 is 0 Å². The summed E-state index contributed by atoms with van der Waals surface area (Å²) in [6, 6.07) is 10.2. The van der Waals surface area contributed by atoms with Crippen molar-refractivity contribution < 1.29 is 4.79 Å². The number of imidazole rings is 1. The predicted octanol–water partition coefficient (Wildman–Crippen LogP) is 2.26. The Hall–Kier alpha value is -2.93. The smallest absolute Gasteiger partial charge is 0.257 e. The molecule has 1 aromatic carbocycles. The van der Waals surface area contributed by atoms with E-state index in [0.29, 0.717) is 24.6 Å². The van der Waals surface area contributed by atoms with E-state index in [4.69, 9.17) is 0 Å². The number of benzene rings is 1. The van der Waals surface area contributed by atoms with Crippen molar-refractivity contribution in [1.29, 1.82) is 0 Å². The quantitative estimate of drug-likeness (QED) is 0.735. The molecule has 2 N–H and O–H groups in total. The van der Waals surface area contributed by atoms with Gasteiger partial charge in [0.25, 0.3) is 5.91 Å². The summed E-state index contributed by atoms with van der Waals surface area (Å²) in [7, 11) is 0. The monoisotopic (exact) mass is 376 g/mol. The molecule has 2 aliphatic heterocycles. The summed E-state index contributed by atoms with van der Waals surface area (Å²) in [5.74, 6) is 0.377. The molecule has 0 spiro atoms. The van der Waals surface area contributed by atoms with Gasteiger partial charge in [-0.05, 0) is 31.5 Å². The molecule has 144 valence electrons. The molecule has 1 unspecified atom stereocenters.